The summed E-state index contributed by atoms with van der Waals surface area (Å²) in [6.45, 7) is 23.2. The Labute approximate surface area is 118 Å². The van der Waals surface area contributed by atoms with Crippen LogP contribution in [0.4, 0.5) is 0 Å². The van der Waals surface area contributed by atoms with Gasteiger partial charge in [0.15, 0.2) is 8.32 Å². The molecule has 2 nitrogen and oxygen atoms in total. The van der Waals surface area contributed by atoms with Crippen LogP contribution in [0.2, 0.25) is 58.9 Å². The van der Waals surface area contributed by atoms with Gasteiger partial charge < -0.3 is 8.66 Å². The Morgan fingerprint density at radius 2 is 1.22 bits per heavy atom. The predicted octanol–water partition coefficient (Wildman–Crippen LogP) is 4.37. The maximum atomic E-state index is 5.84. The number of hydrogen-bond acceptors (Lipinski definition) is 2. The zero-order valence-corrected chi connectivity index (χ0v) is 16.9. The molecule has 0 aromatic carbocycles. The lowest BCUT2D eigenvalue weighted by molar-refractivity contribution is 0.357. The molecule has 0 rings (SSSR count). The molecule has 5 heteroatoms. The van der Waals surface area contributed by atoms with Crippen molar-refractivity contribution in [3.63, 3.8) is 0 Å². The van der Waals surface area contributed by atoms with E-state index in [1.54, 1.807) is 0 Å². The molecule has 0 bridgehead atoms. The summed E-state index contributed by atoms with van der Waals surface area (Å²) in [5.41, 5.74) is 0. The molecule has 0 aliphatic rings. The predicted molar refractivity (Wildman–Crippen MR) is 91.8 cm³/mol. The Morgan fingerprint density at radius 3 is 1.56 bits per heavy atom. The highest BCUT2D eigenvalue weighted by Gasteiger charge is 2.33. The molecular formula is C13H33NOSi3. The molecule has 0 N–H and O–H groups in total. The Kier molecular flexibility index (Phi) is 6.77. The lowest BCUT2D eigenvalue weighted by atomic mass is 10.5. The fraction of sp³-hybridized carbons (Fsp3) is 0.846. The van der Waals surface area contributed by atoms with Crippen molar-refractivity contribution in [1.29, 1.82) is 0 Å². The van der Waals surface area contributed by atoms with Crippen LogP contribution in [0.1, 0.15) is 0 Å². The van der Waals surface area contributed by atoms with E-state index in [2.05, 4.69) is 75.3 Å². The minimum absolute atomic E-state index is 0.779. The van der Waals surface area contributed by atoms with E-state index in [0.717, 1.165) is 13.2 Å². The van der Waals surface area contributed by atoms with Crippen molar-refractivity contribution in [2.45, 2.75) is 58.9 Å². The second kappa shape index (κ2) is 6.65. The molecule has 0 spiro atoms. The molecule has 0 heterocycles. The van der Waals surface area contributed by atoms with E-state index in [1.807, 2.05) is 0 Å². The van der Waals surface area contributed by atoms with E-state index in [4.69, 9.17) is 4.43 Å². The van der Waals surface area contributed by atoms with Crippen LogP contribution in [-0.4, -0.2) is 42.2 Å². The van der Waals surface area contributed by atoms with Crippen LogP contribution in [0.25, 0.3) is 0 Å². The third kappa shape index (κ3) is 8.42. The maximum absolute atomic E-state index is 5.84. The van der Waals surface area contributed by atoms with Crippen molar-refractivity contribution < 1.29 is 4.43 Å². The second-order valence-electron chi connectivity index (χ2n) is 7.85. The van der Waals surface area contributed by atoms with Gasteiger partial charge in [0.2, 0.25) is 0 Å². The van der Waals surface area contributed by atoms with Gasteiger partial charge in [-0.2, -0.15) is 0 Å². The van der Waals surface area contributed by atoms with E-state index in [1.165, 1.54) is 0 Å². The Balaban J connectivity index is 4.34. The second-order valence-corrected chi connectivity index (χ2v) is 22.6. The third-order valence-electron chi connectivity index (χ3n) is 2.69. The number of hydrogen-bond donors (Lipinski definition) is 0. The van der Waals surface area contributed by atoms with Gasteiger partial charge in [0, 0.05) is 6.54 Å². The lowest BCUT2D eigenvalue weighted by Gasteiger charge is -2.43. The molecule has 0 saturated heterocycles. The summed E-state index contributed by atoms with van der Waals surface area (Å²) in [6.07, 6.45) is 4.50. The molecule has 0 aliphatic heterocycles. The van der Waals surface area contributed by atoms with Crippen LogP contribution in [0, 0.1) is 0 Å². The fourth-order valence-corrected chi connectivity index (χ4v) is 12.1. The Hall–Kier alpha value is 0.311. The van der Waals surface area contributed by atoms with E-state index in [9.17, 15) is 0 Å². The highest BCUT2D eigenvalue weighted by Crippen LogP contribution is 2.19. The smallest absolute Gasteiger partial charge is 0.184 e. The van der Waals surface area contributed by atoms with E-state index < -0.39 is 24.8 Å². The van der Waals surface area contributed by atoms with Crippen LogP contribution < -0.4 is 0 Å². The van der Waals surface area contributed by atoms with Crippen molar-refractivity contribution in [2.75, 3.05) is 13.2 Å². The van der Waals surface area contributed by atoms with Crippen LogP contribution in [0.15, 0.2) is 12.2 Å². The molecule has 0 unspecified atom stereocenters. The van der Waals surface area contributed by atoms with Gasteiger partial charge in [-0.05, 0) is 19.6 Å². The van der Waals surface area contributed by atoms with Crippen LogP contribution >= 0.6 is 0 Å². The van der Waals surface area contributed by atoms with E-state index in [0.29, 0.717) is 0 Å². The topological polar surface area (TPSA) is 12.5 Å². The van der Waals surface area contributed by atoms with Gasteiger partial charge >= 0.3 is 0 Å². The molecule has 0 amide bonds. The monoisotopic (exact) mass is 303 g/mol. The lowest BCUT2D eigenvalue weighted by Crippen LogP contribution is -2.58. The first-order valence-corrected chi connectivity index (χ1v) is 17.2. The van der Waals surface area contributed by atoms with Gasteiger partial charge in [0.05, 0.1) is 6.61 Å². The molecule has 108 valence electrons. The highest BCUT2D eigenvalue weighted by atomic mass is 28.4. The van der Waals surface area contributed by atoms with Crippen LogP contribution in [0.3, 0.4) is 0 Å². The first-order chi connectivity index (χ1) is 7.84. The normalized spacial score (nSPS) is 14.8. The molecule has 0 radical (unpaired) electrons. The molecule has 0 saturated carbocycles. The first-order valence-electron chi connectivity index (χ1n) is 6.91. The van der Waals surface area contributed by atoms with E-state index in [-0.39, 0.29) is 0 Å². The number of rotatable bonds is 7. The van der Waals surface area contributed by atoms with E-state index >= 15 is 0 Å². The Bertz CT molecular complexity index is 257. The van der Waals surface area contributed by atoms with Crippen molar-refractivity contribution >= 4 is 24.8 Å². The van der Waals surface area contributed by atoms with Crippen LogP contribution in [0.5, 0.6) is 0 Å². The first kappa shape index (κ1) is 18.3. The van der Waals surface area contributed by atoms with Gasteiger partial charge in [-0.15, -0.1) is 0 Å². The molecule has 0 aliphatic carbocycles. The van der Waals surface area contributed by atoms with Crippen molar-refractivity contribution in [3.05, 3.63) is 12.2 Å². The molecule has 0 aromatic heterocycles. The summed E-state index contributed by atoms with van der Waals surface area (Å²) in [5, 5.41) is 0. The van der Waals surface area contributed by atoms with Gasteiger partial charge in [-0.1, -0.05) is 51.4 Å². The van der Waals surface area contributed by atoms with Gasteiger partial charge in [-0.25, -0.2) is 0 Å². The largest absolute Gasteiger partial charge is 0.414 e. The molecule has 18 heavy (non-hydrogen) atoms. The Morgan fingerprint density at radius 1 is 0.778 bits per heavy atom. The molecular weight excluding hydrogens is 270 g/mol. The zero-order chi connectivity index (χ0) is 14.6. The summed E-state index contributed by atoms with van der Waals surface area (Å²) in [4.78, 5) is 0. The zero-order valence-electron chi connectivity index (χ0n) is 13.9. The van der Waals surface area contributed by atoms with Gasteiger partial charge in [-0.3, -0.25) is 0 Å². The summed E-state index contributed by atoms with van der Waals surface area (Å²) < 4.78 is 8.62. The summed E-state index contributed by atoms with van der Waals surface area (Å²) in [5.74, 6) is 0. The number of nitrogens with zero attached hydrogens (tertiary/aromatic N) is 1. The quantitative estimate of drug-likeness (QED) is 0.511. The fourth-order valence-electron chi connectivity index (χ4n) is 2.10. The summed E-state index contributed by atoms with van der Waals surface area (Å²) in [6, 6.07) is 0. The SMILES string of the molecule is C[Si](C)(C)OC/C=C\CN([Si](C)(C)C)[Si](C)(C)C. The van der Waals surface area contributed by atoms with Crippen LogP contribution in [-0.2, 0) is 4.43 Å². The van der Waals surface area contributed by atoms with Gasteiger partial charge in [0.25, 0.3) is 0 Å². The minimum Gasteiger partial charge on any atom is -0.414 e. The van der Waals surface area contributed by atoms with Crippen molar-refractivity contribution in [1.82, 2.24) is 4.23 Å². The summed E-state index contributed by atoms with van der Waals surface area (Å²) in [7, 11) is -3.77. The summed E-state index contributed by atoms with van der Waals surface area (Å²) >= 11 is 0. The van der Waals surface area contributed by atoms with Crippen molar-refractivity contribution in [2.24, 2.45) is 0 Å². The average Bonchev–Trinajstić information content (AvgIpc) is 2.04. The average molecular weight is 304 g/mol. The minimum atomic E-state index is -1.36. The maximum Gasteiger partial charge on any atom is 0.184 e. The van der Waals surface area contributed by atoms with Gasteiger partial charge in [0.1, 0.15) is 16.5 Å². The van der Waals surface area contributed by atoms with Crippen molar-refractivity contribution in [3.8, 4) is 0 Å². The third-order valence-corrected chi connectivity index (χ3v) is 11.3. The molecule has 0 aromatic rings. The molecule has 0 atom stereocenters. The molecule has 0 fully saturated rings. The highest BCUT2D eigenvalue weighted by molar-refractivity contribution is 6.89. The standard InChI is InChI=1S/C13H33NOSi3/c1-16(2,3)14(17(4,5)6)12-10-11-13-15-18(7,8)9/h10-11H,12-13H2,1-9H3/b11-10-.